The Balaban J connectivity index is 0.000000791. The molecule has 0 radical (unpaired) electrons. The summed E-state index contributed by atoms with van der Waals surface area (Å²) in [5.74, 6) is 0.701. The number of aromatic nitrogens is 1. The van der Waals surface area contributed by atoms with E-state index in [1.807, 2.05) is 32.0 Å². The van der Waals surface area contributed by atoms with Crippen LogP contribution >= 0.6 is 0 Å². The van der Waals surface area contributed by atoms with E-state index in [1.54, 1.807) is 6.20 Å². The van der Waals surface area contributed by atoms with Gasteiger partial charge in [0.2, 0.25) is 5.88 Å². The molecule has 0 bridgehead atoms. The van der Waals surface area contributed by atoms with Gasteiger partial charge in [0.1, 0.15) is 0 Å². The van der Waals surface area contributed by atoms with Crippen LogP contribution in [-0.2, 0) is 0 Å². The minimum Gasteiger partial charge on any atom is -0.477 e. The highest BCUT2D eigenvalue weighted by molar-refractivity contribution is 5.09. The van der Waals surface area contributed by atoms with E-state index >= 15 is 0 Å². The molecule has 0 saturated carbocycles. The number of ether oxygens (including phenoxy) is 1. The Labute approximate surface area is 87.3 Å². The monoisotopic (exact) mass is 195 g/mol. The Morgan fingerprint density at radius 2 is 1.86 bits per heavy atom. The van der Waals surface area contributed by atoms with E-state index in [-0.39, 0.29) is 5.41 Å². The van der Waals surface area contributed by atoms with Gasteiger partial charge in [0.05, 0.1) is 6.61 Å². The van der Waals surface area contributed by atoms with E-state index in [0.717, 1.165) is 0 Å². The van der Waals surface area contributed by atoms with E-state index in [2.05, 4.69) is 25.8 Å². The first kappa shape index (κ1) is 12.9. The van der Waals surface area contributed by atoms with E-state index in [0.29, 0.717) is 12.5 Å². The quantitative estimate of drug-likeness (QED) is 0.720. The molecule has 80 valence electrons. The molecule has 0 aliphatic rings. The maximum atomic E-state index is 5.46. The second-order valence-corrected chi connectivity index (χ2v) is 4.02. The molecule has 0 unspecified atom stereocenters. The molecule has 2 heteroatoms. The molecule has 1 rings (SSSR count). The van der Waals surface area contributed by atoms with Crippen molar-refractivity contribution in [2.24, 2.45) is 5.41 Å². The first-order valence-electron chi connectivity index (χ1n) is 5.12. The van der Waals surface area contributed by atoms with Crippen molar-refractivity contribution in [2.75, 3.05) is 6.61 Å². The molecule has 1 heterocycles. The fourth-order valence-electron chi connectivity index (χ4n) is 0.723. The second-order valence-electron chi connectivity index (χ2n) is 4.02. The van der Waals surface area contributed by atoms with E-state index in [4.69, 9.17) is 4.74 Å². The molecule has 0 fully saturated rings. The van der Waals surface area contributed by atoms with Gasteiger partial charge in [-0.3, -0.25) is 0 Å². The van der Waals surface area contributed by atoms with Crippen LogP contribution in [0.15, 0.2) is 24.4 Å². The van der Waals surface area contributed by atoms with Gasteiger partial charge in [-0.15, -0.1) is 0 Å². The number of hydrogen-bond acceptors (Lipinski definition) is 2. The third-order valence-corrected chi connectivity index (χ3v) is 1.29. The minimum atomic E-state index is 0.192. The summed E-state index contributed by atoms with van der Waals surface area (Å²) in [5, 5.41) is 0. The van der Waals surface area contributed by atoms with Crippen molar-refractivity contribution in [1.82, 2.24) is 4.98 Å². The predicted molar refractivity (Wildman–Crippen MR) is 60.5 cm³/mol. The lowest BCUT2D eigenvalue weighted by Crippen LogP contribution is -2.17. The average Bonchev–Trinajstić information content (AvgIpc) is 2.19. The summed E-state index contributed by atoms with van der Waals surface area (Å²) in [6.07, 6.45) is 1.73. The molecular formula is C12H21NO. The van der Waals surface area contributed by atoms with Gasteiger partial charge in [-0.2, -0.15) is 0 Å². The first-order chi connectivity index (χ1) is 6.58. The lowest BCUT2D eigenvalue weighted by atomic mass is 9.99. The van der Waals surface area contributed by atoms with Gasteiger partial charge >= 0.3 is 0 Å². The van der Waals surface area contributed by atoms with Crippen LogP contribution in [0.2, 0.25) is 0 Å². The number of hydrogen-bond donors (Lipinski definition) is 0. The highest BCUT2D eigenvalue weighted by atomic mass is 16.5. The standard InChI is InChI=1S/C10H15NO.C2H6/c1-10(2,3)8-12-9-6-4-5-7-11-9;1-2/h4-7H,8H2,1-3H3;1-2H3. The van der Waals surface area contributed by atoms with Crippen molar-refractivity contribution in [2.45, 2.75) is 34.6 Å². The van der Waals surface area contributed by atoms with Gasteiger partial charge in [-0.05, 0) is 11.5 Å². The summed E-state index contributed by atoms with van der Waals surface area (Å²) in [5.41, 5.74) is 0.192. The van der Waals surface area contributed by atoms with Gasteiger partial charge < -0.3 is 4.74 Å². The van der Waals surface area contributed by atoms with Crippen LogP contribution in [0, 0.1) is 5.41 Å². The van der Waals surface area contributed by atoms with Gasteiger partial charge in [0.25, 0.3) is 0 Å². The van der Waals surface area contributed by atoms with Crippen molar-refractivity contribution in [1.29, 1.82) is 0 Å². The van der Waals surface area contributed by atoms with Crippen molar-refractivity contribution in [3.8, 4) is 5.88 Å². The topological polar surface area (TPSA) is 22.1 Å². The fraction of sp³-hybridized carbons (Fsp3) is 0.583. The van der Waals surface area contributed by atoms with Gasteiger partial charge in [-0.1, -0.05) is 40.7 Å². The maximum Gasteiger partial charge on any atom is 0.213 e. The van der Waals surface area contributed by atoms with Crippen molar-refractivity contribution >= 4 is 0 Å². The summed E-state index contributed by atoms with van der Waals surface area (Å²) in [6.45, 7) is 11.1. The number of rotatable bonds is 2. The Kier molecular flexibility index (Phi) is 5.93. The molecule has 2 nitrogen and oxygen atoms in total. The molecule has 0 spiro atoms. The zero-order valence-corrected chi connectivity index (χ0v) is 9.87. The molecule has 0 N–H and O–H groups in total. The van der Waals surface area contributed by atoms with Crippen molar-refractivity contribution in [3.05, 3.63) is 24.4 Å². The Morgan fingerprint density at radius 1 is 1.21 bits per heavy atom. The smallest absolute Gasteiger partial charge is 0.213 e. The molecule has 14 heavy (non-hydrogen) atoms. The molecule has 1 aromatic rings. The summed E-state index contributed by atoms with van der Waals surface area (Å²) in [7, 11) is 0. The summed E-state index contributed by atoms with van der Waals surface area (Å²) in [4.78, 5) is 4.06. The van der Waals surface area contributed by atoms with Gasteiger partial charge in [-0.25, -0.2) is 4.98 Å². The molecule has 1 aromatic heterocycles. The second kappa shape index (κ2) is 6.41. The van der Waals surface area contributed by atoms with E-state index in [1.165, 1.54) is 0 Å². The third-order valence-electron chi connectivity index (χ3n) is 1.29. The van der Waals surface area contributed by atoms with Crippen LogP contribution in [0.5, 0.6) is 5.88 Å². The average molecular weight is 195 g/mol. The van der Waals surface area contributed by atoms with E-state index < -0.39 is 0 Å². The maximum absolute atomic E-state index is 5.46. The van der Waals surface area contributed by atoms with Crippen LogP contribution in [0.1, 0.15) is 34.6 Å². The summed E-state index contributed by atoms with van der Waals surface area (Å²) >= 11 is 0. The van der Waals surface area contributed by atoms with Crippen molar-refractivity contribution < 1.29 is 4.74 Å². The van der Waals surface area contributed by atoms with E-state index in [9.17, 15) is 0 Å². The molecule has 0 atom stereocenters. The van der Waals surface area contributed by atoms with Crippen LogP contribution < -0.4 is 4.74 Å². The number of nitrogens with zero attached hydrogens (tertiary/aromatic N) is 1. The Morgan fingerprint density at radius 3 is 2.29 bits per heavy atom. The lowest BCUT2D eigenvalue weighted by Gasteiger charge is -2.17. The summed E-state index contributed by atoms with van der Waals surface area (Å²) in [6, 6.07) is 5.67. The molecule has 0 aromatic carbocycles. The highest BCUT2D eigenvalue weighted by Gasteiger charge is 2.10. The van der Waals surface area contributed by atoms with Crippen LogP contribution in [0.4, 0.5) is 0 Å². The SMILES string of the molecule is CC.CC(C)(C)COc1ccccn1. The zero-order chi connectivity index (χ0) is 11.0. The third kappa shape index (κ3) is 6.46. The molecular weight excluding hydrogens is 174 g/mol. The zero-order valence-electron chi connectivity index (χ0n) is 9.87. The fourth-order valence-corrected chi connectivity index (χ4v) is 0.723. The number of pyridine rings is 1. The molecule has 0 aliphatic heterocycles. The lowest BCUT2D eigenvalue weighted by molar-refractivity contribution is 0.191. The van der Waals surface area contributed by atoms with Crippen LogP contribution in [0.25, 0.3) is 0 Å². The Hall–Kier alpha value is -1.05. The predicted octanol–water partition coefficient (Wildman–Crippen LogP) is 3.53. The van der Waals surface area contributed by atoms with Crippen molar-refractivity contribution in [3.63, 3.8) is 0 Å². The molecule has 0 saturated heterocycles. The molecule has 0 amide bonds. The van der Waals surface area contributed by atoms with Gasteiger partial charge in [0.15, 0.2) is 0 Å². The highest BCUT2D eigenvalue weighted by Crippen LogP contribution is 2.14. The normalized spacial score (nSPS) is 10.1. The van der Waals surface area contributed by atoms with Gasteiger partial charge in [0, 0.05) is 12.3 Å². The first-order valence-corrected chi connectivity index (χ1v) is 5.12. The Bertz CT molecular complexity index is 226. The largest absolute Gasteiger partial charge is 0.477 e. The van der Waals surface area contributed by atoms with Crippen LogP contribution in [-0.4, -0.2) is 11.6 Å². The summed E-state index contributed by atoms with van der Waals surface area (Å²) < 4.78 is 5.46. The minimum absolute atomic E-state index is 0.192. The molecule has 0 aliphatic carbocycles. The van der Waals surface area contributed by atoms with Crippen LogP contribution in [0.3, 0.4) is 0 Å².